The summed E-state index contributed by atoms with van der Waals surface area (Å²) in [7, 11) is 0. The van der Waals surface area contributed by atoms with Crippen LogP contribution in [0.3, 0.4) is 0 Å². The Bertz CT molecular complexity index is 1150. The number of hydrogen-bond acceptors (Lipinski definition) is 0. The molecule has 0 unspecified atom stereocenters. The lowest BCUT2D eigenvalue weighted by Gasteiger charge is -2.19. The third-order valence-electron chi connectivity index (χ3n) is 4.75. The van der Waals surface area contributed by atoms with Crippen LogP contribution >= 0.6 is 27.5 Å². The Kier molecular flexibility index (Phi) is 4.13. The summed E-state index contributed by atoms with van der Waals surface area (Å²) in [5.41, 5.74) is 4.08. The average molecular weight is 431 g/mol. The van der Waals surface area contributed by atoms with E-state index in [0.717, 1.165) is 21.8 Å². The lowest BCUT2D eigenvalue weighted by molar-refractivity contribution is 0.591. The Labute approximate surface area is 165 Å². The summed E-state index contributed by atoms with van der Waals surface area (Å²) in [4.78, 5) is 0. The first-order chi connectivity index (χ1) is 12.3. The van der Waals surface area contributed by atoms with Crippen molar-refractivity contribution in [3.63, 3.8) is 0 Å². The minimum absolute atomic E-state index is 0.0557. The van der Waals surface area contributed by atoms with E-state index < -0.39 is 0 Å². The highest BCUT2D eigenvalue weighted by Gasteiger charge is 2.19. The molecule has 4 aromatic rings. The zero-order valence-electron chi connectivity index (χ0n) is 14.8. The van der Waals surface area contributed by atoms with E-state index >= 15 is 0 Å². The fourth-order valence-electron chi connectivity index (χ4n) is 3.40. The fraction of sp³-hybridized carbons (Fsp3) is 0.182. The molecule has 0 atom stereocenters. The molecule has 132 valence electrons. The van der Waals surface area contributed by atoms with E-state index in [9.17, 15) is 4.39 Å². The van der Waals surface area contributed by atoms with Crippen LogP contribution in [-0.4, -0.2) is 4.57 Å². The van der Waals surface area contributed by atoms with Crippen molar-refractivity contribution >= 4 is 49.3 Å². The number of nitrogens with zero attached hydrogens (tertiary/aromatic N) is 1. The summed E-state index contributed by atoms with van der Waals surface area (Å²) < 4.78 is 16.8. The third kappa shape index (κ3) is 2.74. The Hall–Kier alpha value is -1.84. The fourth-order valence-corrected chi connectivity index (χ4v) is 4.01. The molecule has 4 rings (SSSR count). The van der Waals surface area contributed by atoms with Gasteiger partial charge < -0.3 is 4.57 Å². The lowest BCUT2D eigenvalue weighted by atomic mass is 9.86. The maximum Gasteiger partial charge on any atom is 0.140 e. The van der Waals surface area contributed by atoms with E-state index in [2.05, 4.69) is 71.6 Å². The molecule has 0 aliphatic rings. The predicted molar refractivity (Wildman–Crippen MR) is 112 cm³/mol. The van der Waals surface area contributed by atoms with Crippen LogP contribution in [0.15, 0.2) is 59.1 Å². The average Bonchev–Trinajstić information content (AvgIpc) is 2.91. The monoisotopic (exact) mass is 429 g/mol. The first kappa shape index (κ1) is 17.6. The van der Waals surface area contributed by atoms with Crippen molar-refractivity contribution in [1.29, 1.82) is 0 Å². The van der Waals surface area contributed by atoms with Crippen molar-refractivity contribution in [3.8, 4) is 5.69 Å². The molecule has 1 aromatic heterocycles. The smallest absolute Gasteiger partial charge is 0.140 e. The van der Waals surface area contributed by atoms with E-state index in [1.54, 1.807) is 6.07 Å². The van der Waals surface area contributed by atoms with Crippen LogP contribution in [0, 0.1) is 5.82 Å². The number of aromatic nitrogens is 1. The van der Waals surface area contributed by atoms with E-state index in [1.165, 1.54) is 11.6 Å². The molecule has 0 saturated carbocycles. The lowest BCUT2D eigenvalue weighted by Crippen LogP contribution is -2.10. The van der Waals surface area contributed by atoms with Gasteiger partial charge in [-0.25, -0.2) is 4.39 Å². The molecule has 0 aliphatic heterocycles. The van der Waals surface area contributed by atoms with Gasteiger partial charge in [-0.15, -0.1) is 0 Å². The summed E-state index contributed by atoms with van der Waals surface area (Å²) in [5, 5.41) is 2.67. The van der Waals surface area contributed by atoms with E-state index in [4.69, 9.17) is 11.6 Å². The maximum atomic E-state index is 14.3. The summed E-state index contributed by atoms with van der Waals surface area (Å²) in [5.74, 6) is -0.371. The zero-order valence-corrected chi connectivity index (χ0v) is 17.1. The second-order valence-corrected chi connectivity index (χ2v) is 8.78. The summed E-state index contributed by atoms with van der Waals surface area (Å²) in [6.07, 6.45) is 0. The molecule has 26 heavy (non-hydrogen) atoms. The summed E-state index contributed by atoms with van der Waals surface area (Å²) in [6.45, 7) is 6.61. The number of benzene rings is 3. The molecule has 1 nitrogen and oxygen atoms in total. The molecule has 1 heterocycles. The third-order valence-corrected chi connectivity index (χ3v) is 5.76. The van der Waals surface area contributed by atoms with Gasteiger partial charge in [-0.1, -0.05) is 56.6 Å². The van der Waals surface area contributed by atoms with Gasteiger partial charge in [0.2, 0.25) is 0 Å². The van der Waals surface area contributed by atoms with E-state index in [-0.39, 0.29) is 11.2 Å². The number of hydrogen-bond donors (Lipinski definition) is 0. The van der Waals surface area contributed by atoms with Gasteiger partial charge >= 0.3 is 0 Å². The molecular formula is C22H18BrClFN. The Balaban J connectivity index is 2.16. The maximum absolute atomic E-state index is 14.3. The number of rotatable bonds is 1. The van der Waals surface area contributed by atoms with Crippen molar-refractivity contribution in [2.75, 3.05) is 0 Å². The van der Waals surface area contributed by atoms with Gasteiger partial charge in [-0.05, 0) is 57.2 Å². The highest BCUT2D eigenvalue weighted by Crippen LogP contribution is 2.38. The van der Waals surface area contributed by atoms with Gasteiger partial charge in [0.05, 0.1) is 21.2 Å². The summed E-state index contributed by atoms with van der Waals surface area (Å²) >= 11 is 9.55. The molecule has 4 heteroatoms. The van der Waals surface area contributed by atoms with Gasteiger partial charge in [0.1, 0.15) is 5.82 Å². The second kappa shape index (κ2) is 6.11. The summed E-state index contributed by atoms with van der Waals surface area (Å²) in [6, 6.07) is 17.8. The molecule has 0 spiro atoms. The Morgan fingerprint density at radius 3 is 2.35 bits per heavy atom. The molecule has 0 fully saturated rings. The highest BCUT2D eigenvalue weighted by molar-refractivity contribution is 9.10. The van der Waals surface area contributed by atoms with Crippen molar-refractivity contribution < 1.29 is 4.39 Å². The number of para-hydroxylation sites is 1. The molecule has 3 aromatic carbocycles. The molecule has 0 amide bonds. The van der Waals surface area contributed by atoms with Crippen molar-refractivity contribution in [2.24, 2.45) is 0 Å². The van der Waals surface area contributed by atoms with Crippen LogP contribution in [0.1, 0.15) is 26.3 Å². The first-order valence-corrected chi connectivity index (χ1v) is 9.63. The highest BCUT2D eigenvalue weighted by atomic mass is 79.9. The van der Waals surface area contributed by atoms with Gasteiger partial charge in [0.15, 0.2) is 0 Å². The van der Waals surface area contributed by atoms with Crippen molar-refractivity contribution in [3.05, 3.63) is 75.5 Å². The Morgan fingerprint density at radius 1 is 0.923 bits per heavy atom. The number of fused-ring (bicyclic) bond motifs is 3. The van der Waals surface area contributed by atoms with Crippen LogP contribution in [0.4, 0.5) is 4.39 Å². The van der Waals surface area contributed by atoms with Crippen LogP contribution in [0.5, 0.6) is 0 Å². The van der Waals surface area contributed by atoms with Gasteiger partial charge in [-0.2, -0.15) is 0 Å². The van der Waals surface area contributed by atoms with Crippen LogP contribution in [0.2, 0.25) is 5.02 Å². The van der Waals surface area contributed by atoms with E-state index in [0.29, 0.717) is 15.2 Å². The van der Waals surface area contributed by atoms with Crippen molar-refractivity contribution in [1.82, 2.24) is 4.57 Å². The van der Waals surface area contributed by atoms with Crippen molar-refractivity contribution in [2.45, 2.75) is 26.2 Å². The topological polar surface area (TPSA) is 4.93 Å². The van der Waals surface area contributed by atoms with Crippen LogP contribution in [-0.2, 0) is 5.41 Å². The van der Waals surface area contributed by atoms with Crippen LogP contribution in [0.25, 0.3) is 27.5 Å². The second-order valence-electron chi connectivity index (χ2n) is 7.56. The molecule has 0 radical (unpaired) electrons. The minimum Gasteiger partial charge on any atom is -0.308 e. The molecule has 0 bridgehead atoms. The standard InChI is InChI=1S/C22H18BrClFN/c1-22(2,3)13-8-9-19-16(10-13)15-6-4-5-7-18(15)26(19)20-12-14(24)11-17(25)21(20)23/h4-12H,1-3H3. The SMILES string of the molecule is CC(C)(C)c1ccc2c(c1)c1ccccc1n2-c1cc(Cl)cc(F)c1Br. The molecule has 0 N–H and O–H groups in total. The first-order valence-electron chi connectivity index (χ1n) is 8.46. The van der Waals surface area contributed by atoms with Gasteiger partial charge in [-0.3, -0.25) is 0 Å². The van der Waals surface area contributed by atoms with Gasteiger partial charge in [0, 0.05) is 15.8 Å². The molecule has 0 saturated heterocycles. The largest absolute Gasteiger partial charge is 0.308 e. The Morgan fingerprint density at radius 2 is 1.62 bits per heavy atom. The number of halogens is 3. The minimum atomic E-state index is -0.371. The van der Waals surface area contributed by atoms with E-state index in [1.807, 2.05) is 12.1 Å². The van der Waals surface area contributed by atoms with Crippen LogP contribution < -0.4 is 0 Å². The quantitative estimate of drug-likeness (QED) is 0.273. The predicted octanol–water partition coefficient (Wildman–Crippen LogP) is 7.64. The molecular weight excluding hydrogens is 413 g/mol. The zero-order chi connectivity index (χ0) is 18.6. The van der Waals surface area contributed by atoms with Gasteiger partial charge in [0.25, 0.3) is 0 Å². The molecule has 0 aliphatic carbocycles. The normalized spacial score (nSPS) is 12.2.